The molecule has 0 spiro atoms. The van der Waals surface area contributed by atoms with Gasteiger partial charge >= 0.3 is 0 Å². The van der Waals surface area contributed by atoms with Crippen LogP contribution in [-0.2, 0) is 7.05 Å². The van der Waals surface area contributed by atoms with Gasteiger partial charge in [-0.25, -0.2) is 19.9 Å². The van der Waals surface area contributed by atoms with E-state index in [0.717, 1.165) is 54.4 Å². The summed E-state index contributed by atoms with van der Waals surface area (Å²) in [5.74, 6) is 3.01. The van der Waals surface area contributed by atoms with Crippen LogP contribution in [0, 0.1) is 0 Å². The van der Waals surface area contributed by atoms with Crippen LogP contribution in [0.3, 0.4) is 0 Å². The summed E-state index contributed by atoms with van der Waals surface area (Å²) in [6.45, 7) is 1.95. The lowest BCUT2D eigenvalue weighted by atomic mass is 10.0. The van der Waals surface area contributed by atoms with Gasteiger partial charge in [0.25, 0.3) is 0 Å². The van der Waals surface area contributed by atoms with Crippen molar-refractivity contribution in [1.29, 1.82) is 0 Å². The quantitative estimate of drug-likeness (QED) is 0.650. The Bertz CT molecular complexity index is 1000. The molecule has 9 heteroatoms. The maximum absolute atomic E-state index is 4.62. The fraction of sp³-hybridized carbons (Fsp3) is 0.550. The first kappa shape index (κ1) is 18.1. The summed E-state index contributed by atoms with van der Waals surface area (Å²) < 4.78 is 1.81. The van der Waals surface area contributed by atoms with Crippen LogP contribution in [0.25, 0.3) is 11.0 Å². The van der Waals surface area contributed by atoms with Crippen molar-refractivity contribution in [2.45, 2.75) is 37.8 Å². The fourth-order valence-corrected chi connectivity index (χ4v) is 4.31. The summed E-state index contributed by atoms with van der Waals surface area (Å²) in [5, 5.41) is 5.38. The van der Waals surface area contributed by atoms with Crippen LogP contribution < -0.4 is 14.7 Å². The van der Waals surface area contributed by atoms with Gasteiger partial charge in [-0.05, 0) is 25.7 Å². The van der Waals surface area contributed by atoms with Crippen molar-refractivity contribution in [3.05, 3.63) is 24.9 Å². The number of fused-ring (bicyclic) bond motifs is 1. The second-order valence-corrected chi connectivity index (χ2v) is 8.19. The topological polar surface area (TPSA) is 79.1 Å². The van der Waals surface area contributed by atoms with Crippen LogP contribution in [-0.4, -0.2) is 69.0 Å². The molecule has 4 heterocycles. The molecule has 1 aliphatic heterocycles. The van der Waals surface area contributed by atoms with E-state index in [2.05, 4.69) is 40.9 Å². The minimum absolute atomic E-state index is 0.495. The molecule has 3 aromatic rings. The van der Waals surface area contributed by atoms with Gasteiger partial charge in [0.15, 0.2) is 5.65 Å². The number of hydrogen-bond acceptors (Lipinski definition) is 8. The van der Waals surface area contributed by atoms with Crippen molar-refractivity contribution < 1.29 is 0 Å². The van der Waals surface area contributed by atoms with Gasteiger partial charge < -0.3 is 14.7 Å². The second-order valence-electron chi connectivity index (χ2n) is 8.19. The Balaban J connectivity index is 1.35. The predicted octanol–water partition coefficient (Wildman–Crippen LogP) is 1.86. The standard InChI is InChI=1S/C20H27N9/c1-26(2)17-10-18(22-12-21-17)29(14-4-5-14)15-6-8-28(9-7-15)20-16-11-25-27(3)19(16)23-13-24-20/h10-15H,4-9H2,1-3H3. The van der Waals surface area contributed by atoms with Crippen LogP contribution in [0.5, 0.6) is 0 Å². The third-order valence-corrected chi connectivity index (χ3v) is 5.97. The molecule has 0 bridgehead atoms. The van der Waals surface area contributed by atoms with Gasteiger partial charge in [-0.2, -0.15) is 5.10 Å². The Kier molecular flexibility index (Phi) is 4.44. The average molecular weight is 393 g/mol. The normalized spacial score (nSPS) is 17.7. The van der Waals surface area contributed by atoms with Crippen molar-refractivity contribution in [3.63, 3.8) is 0 Å². The molecular formula is C20H27N9. The van der Waals surface area contributed by atoms with Crippen molar-refractivity contribution in [2.24, 2.45) is 7.05 Å². The Hall–Kier alpha value is -2.97. The Morgan fingerprint density at radius 2 is 1.59 bits per heavy atom. The van der Waals surface area contributed by atoms with E-state index in [1.807, 2.05) is 32.2 Å². The van der Waals surface area contributed by atoms with Crippen molar-refractivity contribution in [1.82, 2.24) is 29.7 Å². The molecule has 29 heavy (non-hydrogen) atoms. The van der Waals surface area contributed by atoms with Gasteiger partial charge in [-0.3, -0.25) is 4.68 Å². The predicted molar refractivity (Wildman–Crippen MR) is 113 cm³/mol. The van der Waals surface area contributed by atoms with Crippen LogP contribution in [0.1, 0.15) is 25.7 Å². The first-order valence-corrected chi connectivity index (χ1v) is 10.3. The lowest BCUT2D eigenvalue weighted by molar-refractivity contribution is 0.458. The van der Waals surface area contributed by atoms with Crippen LogP contribution >= 0.6 is 0 Å². The highest BCUT2D eigenvalue weighted by atomic mass is 15.3. The lowest BCUT2D eigenvalue weighted by Gasteiger charge is -2.40. The van der Waals surface area contributed by atoms with Gasteiger partial charge in [0.2, 0.25) is 0 Å². The summed E-state index contributed by atoms with van der Waals surface area (Å²) in [6, 6.07) is 3.23. The highest BCUT2D eigenvalue weighted by Gasteiger charge is 2.37. The van der Waals surface area contributed by atoms with E-state index in [1.54, 1.807) is 17.3 Å². The molecule has 0 aromatic carbocycles. The summed E-state index contributed by atoms with van der Waals surface area (Å²) in [5.41, 5.74) is 0.883. The molecule has 0 unspecified atom stereocenters. The highest BCUT2D eigenvalue weighted by molar-refractivity contribution is 5.86. The molecule has 0 atom stereocenters. The zero-order valence-corrected chi connectivity index (χ0v) is 17.2. The first-order valence-electron chi connectivity index (χ1n) is 10.3. The maximum Gasteiger partial charge on any atom is 0.163 e. The number of piperidine rings is 1. The van der Waals surface area contributed by atoms with Gasteiger partial charge in [0.1, 0.15) is 30.1 Å². The zero-order chi connectivity index (χ0) is 20.0. The fourth-order valence-electron chi connectivity index (χ4n) is 4.31. The summed E-state index contributed by atoms with van der Waals surface area (Å²) in [6.07, 6.45) is 9.89. The number of aromatic nitrogens is 6. The van der Waals surface area contributed by atoms with E-state index in [9.17, 15) is 0 Å². The molecular weight excluding hydrogens is 366 g/mol. The van der Waals surface area contributed by atoms with E-state index in [4.69, 9.17) is 0 Å². The third kappa shape index (κ3) is 3.34. The Morgan fingerprint density at radius 1 is 0.897 bits per heavy atom. The summed E-state index contributed by atoms with van der Waals surface area (Å²) >= 11 is 0. The maximum atomic E-state index is 4.62. The molecule has 1 saturated carbocycles. The molecule has 0 amide bonds. The van der Waals surface area contributed by atoms with E-state index < -0.39 is 0 Å². The van der Waals surface area contributed by atoms with E-state index in [-0.39, 0.29) is 0 Å². The van der Waals surface area contributed by atoms with E-state index in [1.165, 1.54) is 12.8 Å². The minimum Gasteiger partial charge on any atom is -0.363 e. The van der Waals surface area contributed by atoms with Crippen molar-refractivity contribution >= 4 is 28.5 Å². The van der Waals surface area contributed by atoms with Gasteiger partial charge in [0, 0.05) is 52.4 Å². The highest BCUT2D eigenvalue weighted by Crippen LogP contribution is 2.36. The lowest BCUT2D eigenvalue weighted by Crippen LogP contribution is -2.46. The molecule has 9 nitrogen and oxygen atoms in total. The average Bonchev–Trinajstić information content (AvgIpc) is 3.51. The number of rotatable bonds is 5. The SMILES string of the molecule is CN(C)c1cc(N(C2CC2)C2CCN(c3ncnc4c3cnn4C)CC2)ncn1. The van der Waals surface area contributed by atoms with Crippen molar-refractivity contribution in [2.75, 3.05) is 41.9 Å². The van der Waals surface area contributed by atoms with Crippen LogP contribution in [0.15, 0.2) is 24.9 Å². The largest absolute Gasteiger partial charge is 0.363 e. The number of aryl methyl sites for hydroxylation is 1. The monoisotopic (exact) mass is 393 g/mol. The third-order valence-electron chi connectivity index (χ3n) is 5.97. The molecule has 1 saturated heterocycles. The number of anilines is 3. The number of nitrogens with zero attached hydrogens (tertiary/aromatic N) is 9. The van der Waals surface area contributed by atoms with E-state index >= 15 is 0 Å². The Labute approximate surface area is 170 Å². The summed E-state index contributed by atoms with van der Waals surface area (Å²) in [4.78, 5) is 24.9. The molecule has 3 aromatic heterocycles. The first-order chi connectivity index (χ1) is 14.1. The van der Waals surface area contributed by atoms with Gasteiger partial charge in [0.05, 0.1) is 11.6 Å². The molecule has 5 rings (SSSR count). The van der Waals surface area contributed by atoms with Gasteiger partial charge in [-0.15, -0.1) is 0 Å². The molecule has 2 aliphatic rings. The number of hydrogen-bond donors (Lipinski definition) is 0. The molecule has 1 aliphatic carbocycles. The second kappa shape index (κ2) is 7.13. The molecule has 0 N–H and O–H groups in total. The van der Waals surface area contributed by atoms with E-state index in [0.29, 0.717) is 12.1 Å². The van der Waals surface area contributed by atoms with Crippen LogP contribution in [0.2, 0.25) is 0 Å². The molecule has 2 fully saturated rings. The minimum atomic E-state index is 0.495. The summed E-state index contributed by atoms with van der Waals surface area (Å²) in [7, 11) is 5.96. The van der Waals surface area contributed by atoms with Gasteiger partial charge in [-0.1, -0.05) is 0 Å². The smallest absolute Gasteiger partial charge is 0.163 e. The van der Waals surface area contributed by atoms with Crippen LogP contribution in [0.4, 0.5) is 17.5 Å². The molecule has 152 valence electrons. The molecule has 0 radical (unpaired) electrons. The van der Waals surface area contributed by atoms with Crippen molar-refractivity contribution in [3.8, 4) is 0 Å². The zero-order valence-electron chi connectivity index (χ0n) is 17.2. The Morgan fingerprint density at radius 3 is 2.31 bits per heavy atom.